The van der Waals surface area contributed by atoms with Crippen molar-refractivity contribution in [3.63, 3.8) is 0 Å². The van der Waals surface area contributed by atoms with Crippen LogP contribution in [-0.2, 0) is 12.4 Å². The molecule has 1 N–H and O–H groups in total. The van der Waals surface area contributed by atoms with Crippen LogP contribution in [0, 0.1) is 13.8 Å². The molecular formula is C21H15F6N3O2. The first-order valence-corrected chi connectivity index (χ1v) is 9.02. The van der Waals surface area contributed by atoms with E-state index >= 15 is 0 Å². The van der Waals surface area contributed by atoms with Gasteiger partial charge in [0.25, 0.3) is 5.91 Å². The molecule has 0 atom stereocenters. The van der Waals surface area contributed by atoms with E-state index in [1.165, 1.54) is 24.3 Å². The van der Waals surface area contributed by atoms with Crippen LogP contribution < -0.4 is 10.1 Å². The average Bonchev–Trinajstić information content (AvgIpc) is 2.65. The SMILES string of the molecule is Cc1cc(C)nc(Oc2cccc(NC(=O)c3cc(C(F)(F)F)cc(C(F)(F)F)c3)c2)n1. The summed E-state index contributed by atoms with van der Waals surface area (Å²) in [6.07, 6.45) is -10.1. The molecule has 11 heteroatoms. The molecule has 5 nitrogen and oxygen atoms in total. The highest BCUT2D eigenvalue weighted by molar-refractivity contribution is 6.04. The highest BCUT2D eigenvalue weighted by Gasteiger charge is 2.37. The molecule has 168 valence electrons. The van der Waals surface area contributed by atoms with E-state index in [-0.39, 0.29) is 23.5 Å². The maximum Gasteiger partial charge on any atom is 0.416 e. The predicted octanol–water partition coefficient (Wildman–Crippen LogP) is 6.18. The van der Waals surface area contributed by atoms with Crippen molar-refractivity contribution in [2.24, 2.45) is 0 Å². The molecule has 2 aromatic carbocycles. The minimum Gasteiger partial charge on any atom is -0.424 e. The lowest BCUT2D eigenvalue weighted by molar-refractivity contribution is -0.143. The van der Waals surface area contributed by atoms with Crippen molar-refractivity contribution >= 4 is 11.6 Å². The molecule has 0 radical (unpaired) electrons. The molecule has 0 aliphatic rings. The van der Waals surface area contributed by atoms with Gasteiger partial charge in [0.1, 0.15) is 5.75 Å². The van der Waals surface area contributed by atoms with Gasteiger partial charge >= 0.3 is 18.4 Å². The van der Waals surface area contributed by atoms with E-state index in [0.717, 1.165) is 0 Å². The maximum absolute atomic E-state index is 13.0. The summed E-state index contributed by atoms with van der Waals surface area (Å²) in [4.78, 5) is 20.6. The lowest BCUT2D eigenvalue weighted by Crippen LogP contribution is -2.17. The van der Waals surface area contributed by atoms with Crippen molar-refractivity contribution in [3.05, 3.63) is 76.6 Å². The number of aryl methyl sites for hydroxylation is 2. The Balaban J connectivity index is 1.86. The van der Waals surface area contributed by atoms with E-state index < -0.39 is 35.0 Å². The summed E-state index contributed by atoms with van der Waals surface area (Å²) < 4.78 is 83.6. The van der Waals surface area contributed by atoms with Gasteiger partial charge in [-0.15, -0.1) is 0 Å². The Morgan fingerprint density at radius 1 is 0.844 bits per heavy atom. The fraction of sp³-hybridized carbons (Fsp3) is 0.190. The highest BCUT2D eigenvalue weighted by Crippen LogP contribution is 2.36. The largest absolute Gasteiger partial charge is 0.424 e. The zero-order valence-electron chi connectivity index (χ0n) is 16.6. The van der Waals surface area contributed by atoms with Crippen LogP contribution in [0.3, 0.4) is 0 Å². The minimum absolute atomic E-state index is 0.0404. The van der Waals surface area contributed by atoms with E-state index in [1.807, 2.05) is 0 Å². The molecule has 0 spiro atoms. The Morgan fingerprint density at radius 3 is 1.94 bits per heavy atom. The van der Waals surface area contributed by atoms with Crippen LogP contribution in [0.4, 0.5) is 32.0 Å². The number of nitrogens with one attached hydrogen (secondary N) is 1. The van der Waals surface area contributed by atoms with Crippen LogP contribution in [0.2, 0.25) is 0 Å². The van der Waals surface area contributed by atoms with E-state index in [4.69, 9.17) is 4.74 Å². The number of rotatable bonds is 4. The number of halogens is 6. The number of nitrogens with zero attached hydrogens (tertiary/aromatic N) is 2. The zero-order valence-corrected chi connectivity index (χ0v) is 16.6. The first-order valence-electron chi connectivity index (χ1n) is 9.02. The van der Waals surface area contributed by atoms with Crippen molar-refractivity contribution in [2.75, 3.05) is 5.32 Å². The number of carbonyl (C=O) groups is 1. The summed E-state index contributed by atoms with van der Waals surface area (Å²) in [5.74, 6) is -0.950. The Hall–Kier alpha value is -3.63. The van der Waals surface area contributed by atoms with Crippen LogP contribution >= 0.6 is 0 Å². The standard InChI is InChI=1S/C21H15F6N3O2/c1-11-6-12(2)29-19(28-11)32-17-5-3-4-16(10-17)30-18(31)13-7-14(20(22,23)24)9-15(8-13)21(25,26)27/h3-10H,1-2H3,(H,30,31). The molecule has 0 unspecified atom stereocenters. The monoisotopic (exact) mass is 455 g/mol. The zero-order chi connectivity index (χ0) is 23.7. The van der Waals surface area contributed by atoms with Gasteiger partial charge in [-0.1, -0.05) is 6.07 Å². The number of hydrogen-bond acceptors (Lipinski definition) is 4. The van der Waals surface area contributed by atoms with Crippen LogP contribution in [0.5, 0.6) is 11.8 Å². The third kappa shape index (κ3) is 5.74. The summed E-state index contributed by atoms with van der Waals surface area (Å²) in [6.45, 7) is 3.48. The van der Waals surface area contributed by atoms with Gasteiger partial charge in [-0.05, 0) is 50.2 Å². The van der Waals surface area contributed by atoms with Crippen LogP contribution in [0.1, 0.15) is 32.9 Å². The molecule has 1 amide bonds. The van der Waals surface area contributed by atoms with E-state index in [2.05, 4.69) is 15.3 Å². The van der Waals surface area contributed by atoms with Gasteiger partial charge in [0, 0.05) is 28.7 Å². The molecular weight excluding hydrogens is 440 g/mol. The minimum atomic E-state index is -5.06. The topological polar surface area (TPSA) is 64.1 Å². The number of anilines is 1. The summed E-state index contributed by atoms with van der Waals surface area (Å²) >= 11 is 0. The number of alkyl halides is 6. The number of ether oxygens (including phenoxy) is 1. The molecule has 32 heavy (non-hydrogen) atoms. The third-order valence-corrected chi connectivity index (χ3v) is 4.11. The first-order chi connectivity index (χ1) is 14.8. The molecule has 0 saturated carbocycles. The van der Waals surface area contributed by atoms with Gasteiger partial charge in [0.15, 0.2) is 0 Å². The fourth-order valence-electron chi connectivity index (χ4n) is 2.77. The second-order valence-electron chi connectivity index (χ2n) is 6.81. The predicted molar refractivity (Wildman–Crippen MR) is 102 cm³/mol. The number of amides is 1. The smallest absolute Gasteiger partial charge is 0.416 e. The summed E-state index contributed by atoms with van der Waals surface area (Å²) in [5, 5.41) is 2.27. The van der Waals surface area contributed by atoms with Crippen molar-refractivity contribution in [2.45, 2.75) is 26.2 Å². The van der Waals surface area contributed by atoms with Crippen LogP contribution in [0.25, 0.3) is 0 Å². The maximum atomic E-state index is 13.0. The van der Waals surface area contributed by atoms with Crippen molar-refractivity contribution in [1.82, 2.24) is 9.97 Å². The van der Waals surface area contributed by atoms with Gasteiger partial charge in [-0.2, -0.15) is 26.3 Å². The van der Waals surface area contributed by atoms with Crippen molar-refractivity contribution in [3.8, 4) is 11.8 Å². The van der Waals surface area contributed by atoms with Gasteiger partial charge in [-0.3, -0.25) is 4.79 Å². The Kier molecular flexibility index (Phi) is 6.11. The summed E-state index contributed by atoms with van der Waals surface area (Å²) in [7, 11) is 0. The lowest BCUT2D eigenvalue weighted by Gasteiger charge is -2.14. The van der Waals surface area contributed by atoms with E-state index in [0.29, 0.717) is 23.5 Å². The summed E-state index contributed by atoms with van der Waals surface area (Å²) in [6, 6.07) is 8.15. The highest BCUT2D eigenvalue weighted by atomic mass is 19.4. The molecule has 0 fully saturated rings. The molecule has 0 aliphatic heterocycles. The quantitative estimate of drug-likeness (QED) is 0.478. The van der Waals surface area contributed by atoms with Gasteiger partial charge in [0.2, 0.25) is 0 Å². The second kappa shape index (κ2) is 8.48. The Labute approximate surface area is 178 Å². The van der Waals surface area contributed by atoms with Gasteiger partial charge < -0.3 is 10.1 Å². The number of aromatic nitrogens is 2. The molecule has 3 rings (SSSR count). The molecule has 1 aromatic heterocycles. The third-order valence-electron chi connectivity index (χ3n) is 4.11. The molecule has 3 aromatic rings. The first kappa shape index (κ1) is 23.0. The Morgan fingerprint density at radius 2 is 1.41 bits per heavy atom. The fourth-order valence-corrected chi connectivity index (χ4v) is 2.77. The Bertz CT molecular complexity index is 1110. The number of hydrogen-bond donors (Lipinski definition) is 1. The lowest BCUT2D eigenvalue weighted by atomic mass is 10.0. The van der Waals surface area contributed by atoms with E-state index in [9.17, 15) is 31.1 Å². The van der Waals surface area contributed by atoms with Crippen molar-refractivity contribution in [1.29, 1.82) is 0 Å². The average molecular weight is 455 g/mol. The second-order valence-corrected chi connectivity index (χ2v) is 6.81. The molecule has 0 bridgehead atoms. The van der Waals surface area contributed by atoms with Gasteiger partial charge in [0.05, 0.1) is 11.1 Å². The van der Waals surface area contributed by atoms with E-state index in [1.54, 1.807) is 19.9 Å². The van der Waals surface area contributed by atoms with Crippen LogP contribution in [-0.4, -0.2) is 15.9 Å². The number of carbonyl (C=O) groups excluding carboxylic acids is 1. The van der Waals surface area contributed by atoms with Gasteiger partial charge in [-0.25, -0.2) is 9.97 Å². The van der Waals surface area contributed by atoms with Crippen molar-refractivity contribution < 1.29 is 35.9 Å². The van der Waals surface area contributed by atoms with Crippen LogP contribution in [0.15, 0.2) is 48.5 Å². The summed E-state index contributed by atoms with van der Waals surface area (Å²) in [5.41, 5.74) is -2.56. The molecule has 0 saturated heterocycles. The molecule has 0 aliphatic carbocycles. The molecule has 1 heterocycles. The number of benzene rings is 2. The normalized spacial score (nSPS) is 11.9.